The largest absolute Gasteiger partial charge is 0.397 e. The second kappa shape index (κ2) is 5.27. The van der Waals surface area contributed by atoms with E-state index >= 15 is 0 Å². The molecule has 2 aromatic rings. The molecule has 0 aliphatic heterocycles. The van der Waals surface area contributed by atoms with Gasteiger partial charge in [-0.1, -0.05) is 19.3 Å². The number of hydrogen-bond acceptors (Lipinski definition) is 2. The predicted octanol–water partition coefficient (Wildman–Crippen LogP) is 3.95. The van der Waals surface area contributed by atoms with Crippen LogP contribution in [0, 0.1) is 12.7 Å². The minimum atomic E-state index is -0.268. The van der Waals surface area contributed by atoms with Crippen molar-refractivity contribution < 1.29 is 4.39 Å². The third-order valence-corrected chi connectivity index (χ3v) is 4.08. The molecule has 0 radical (unpaired) electrons. The fourth-order valence-electron chi connectivity index (χ4n) is 3.08. The van der Waals surface area contributed by atoms with Gasteiger partial charge in [0, 0.05) is 12.1 Å². The summed E-state index contributed by atoms with van der Waals surface area (Å²) in [5.74, 6) is 1.22. The third kappa shape index (κ3) is 2.42. The van der Waals surface area contributed by atoms with E-state index in [9.17, 15) is 4.39 Å². The lowest BCUT2D eigenvalue weighted by Crippen LogP contribution is -2.12. The fraction of sp³-hybridized carbons (Fsp3) is 0.438. The highest BCUT2D eigenvalue weighted by molar-refractivity contribution is 5.58. The molecule has 0 amide bonds. The van der Waals surface area contributed by atoms with Crippen LogP contribution in [0.3, 0.4) is 0 Å². The second-order valence-electron chi connectivity index (χ2n) is 5.65. The van der Waals surface area contributed by atoms with E-state index in [1.165, 1.54) is 31.4 Å². The molecule has 106 valence electrons. The molecule has 0 bridgehead atoms. The predicted molar refractivity (Wildman–Crippen MR) is 78.5 cm³/mol. The van der Waals surface area contributed by atoms with Gasteiger partial charge in [0.2, 0.25) is 0 Å². The van der Waals surface area contributed by atoms with Gasteiger partial charge < -0.3 is 10.3 Å². The average molecular weight is 273 g/mol. The van der Waals surface area contributed by atoms with E-state index in [-0.39, 0.29) is 5.82 Å². The average Bonchev–Trinajstić information content (AvgIpc) is 2.84. The molecule has 1 aromatic carbocycles. The summed E-state index contributed by atoms with van der Waals surface area (Å²) in [5, 5.41) is 0. The van der Waals surface area contributed by atoms with Crippen molar-refractivity contribution in [3.63, 3.8) is 0 Å². The first-order valence-corrected chi connectivity index (χ1v) is 7.26. The first-order chi connectivity index (χ1) is 9.65. The summed E-state index contributed by atoms with van der Waals surface area (Å²) in [4.78, 5) is 4.67. The molecule has 1 heterocycles. The quantitative estimate of drug-likeness (QED) is 0.842. The van der Waals surface area contributed by atoms with Gasteiger partial charge in [-0.15, -0.1) is 0 Å². The van der Waals surface area contributed by atoms with Gasteiger partial charge in [0.25, 0.3) is 0 Å². The lowest BCUT2D eigenvalue weighted by Gasteiger charge is -2.22. The van der Waals surface area contributed by atoms with Crippen LogP contribution in [0.15, 0.2) is 24.4 Å². The lowest BCUT2D eigenvalue weighted by atomic mass is 9.88. The highest BCUT2D eigenvalue weighted by Gasteiger charge is 2.22. The molecule has 0 unspecified atom stereocenters. The molecule has 1 aliphatic rings. The Kier molecular flexibility index (Phi) is 3.47. The van der Waals surface area contributed by atoms with Gasteiger partial charge in [-0.3, -0.25) is 0 Å². The summed E-state index contributed by atoms with van der Waals surface area (Å²) >= 11 is 0. The molecule has 1 saturated carbocycles. The van der Waals surface area contributed by atoms with Crippen LogP contribution in [-0.2, 0) is 0 Å². The van der Waals surface area contributed by atoms with E-state index in [4.69, 9.17) is 5.73 Å². The van der Waals surface area contributed by atoms with Gasteiger partial charge >= 0.3 is 0 Å². The fourth-order valence-corrected chi connectivity index (χ4v) is 3.08. The molecule has 3 rings (SSSR count). The van der Waals surface area contributed by atoms with Gasteiger partial charge in [-0.2, -0.15) is 0 Å². The maximum absolute atomic E-state index is 13.5. The maximum Gasteiger partial charge on any atom is 0.125 e. The van der Waals surface area contributed by atoms with Crippen LogP contribution in [0.25, 0.3) is 5.69 Å². The van der Waals surface area contributed by atoms with E-state index < -0.39 is 0 Å². The molecule has 0 atom stereocenters. The molecular weight excluding hydrogens is 253 g/mol. The summed E-state index contributed by atoms with van der Waals surface area (Å²) in [6, 6.07) is 4.50. The van der Waals surface area contributed by atoms with Crippen molar-refractivity contribution in [2.45, 2.75) is 44.9 Å². The summed E-state index contributed by atoms with van der Waals surface area (Å²) in [6.07, 6.45) is 8.06. The number of nitrogen functional groups attached to an aromatic ring is 1. The number of nitrogens with two attached hydrogens (primary N) is 1. The first-order valence-electron chi connectivity index (χ1n) is 7.26. The Balaban J connectivity index is 2.06. The summed E-state index contributed by atoms with van der Waals surface area (Å²) in [7, 11) is 0. The van der Waals surface area contributed by atoms with Gasteiger partial charge in [0.1, 0.15) is 11.6 Å². The topological polar surface area (TPSA) is 43.8 Å². The van der Waals surface area contributed by atoms with Crippen LogP contribution in [0.1, 0.15) is 49.5 Å². The van der Waals surface area contributed by atoms with Crippen LogP contribution in [0.2, 0.25) is 0 Å². The van der Waals surface area contributed by atoms with E-state index in [0.29, 0.717) is 17.3 Å². The van der Waals surface area contributed by atoms with E-state index in [2.05, 4.69) is 4.98 Å². The standard InChI is InChI=1S/C16H20FN3/c1-11-10-20(15-9-13(17)7-8-14(15)18)16(19-11)12-5-3-2-4-6-12/h7-10,12H,2-6,18H2,1H3. The number of imidazole rings is 1. The molecule has 20 heavy (non-hydrogen) atoms. The summed E-state index contributed by atoms with van der Waals surface area (Å²) in [5.41, 5.74) is 8.25. The van der Waals surface area contributed by atoms with Crippen LogP contribution < -0.4 is 5.73 Å². The summed E-state index contributed by atoms with van der Waals surface area (Å²) < 4.78 is 15.5. The van der Waals surface area contributed by atoms with Crippen molar-refractivity contribution in [1.82, 2.24) is 9.55 Å². The Morgan fingerprint density at radius 1 is 1.25 bits per heavy atom. The van der Waals surface area contributed by atoms with Crippen molar-refractivity contribution in [1.29, 1.82) is 0 Å². The molecule has 2 N–H and O–H groups in total. The number of benzene rings is 1. The number of nitrogens with zero attached hydrogens (tertiary/aromatic N) is 2. The Morgan fingerprint density at radius 3 is 2.75 bits per heavy atom. The zero-order chi connectivity index (χ0) is 14.1. The molecule has 1 fully saturated rings. The number of hydrogen-bond donors (Lipinski definition) is 1. The normalized spacial score (nSPS) is 16.5. The smallest absolute Gasteiger partial charge is 0.125 e. The van der Waals surface area contributed by atoms with Gasteiger partial charge in [-0.05, 0) is 38.0 Å². The van der Waals surface area contributed by atoms with Gasteiger partial charge in [-0.25, -0.2) is 9.37 Å². The van der Waals surface area contributed by atoms with Gasteiger partial charge in [0.05, 0.1) is 17.1 Å². The first kappa shape index (κ1) is 13.2. The number of rotatable bonds is 2. The molecule has 1 aromatic heterocycles. The Hall–Kier alpha value is -1.84. The molecule has 0 saturated heterocycles. The minimum Gasteiger partial charge on any atom is -0.397 e. The van der Waals surface area contributed by atoms with Crippen molar-refractivity contribution in [2.24, 2.45) is 0 Å². The molecule has 0 spiro atoms. The van der Waals surface area contributed by atoms with Crippen molar-refractivity contribution in [2.75, 3.05) is 5.73 Å². The van der Waals surface area contributed by atoms with Crippen LogP contribution >= 0.6 is 0 Å². The monoisotopic (exact) mass is 273 g/mol. The van der Waals surface area contributed by atoms with Crippen LogP contribution in [0.5, 0.6) is 0 Å². The second-order valence-corrected chi connectivity index (χ2v) is 5.65. The van der Waals surface area contributed by atoms with Gasteiger partial charge in [0.15, 0.2) is 0 Å². The Labute approximate surface area is 118 Å². The van der Waals surface area contributed by atoms with Crippen LogP contribution in [0.4, 0.5) is 10.1 Å². The Morgan fingerprint density at radius 2 is 2.00 bits per heavy atom. The highest BCUT2D eigenvalue weighted by Crippen LogP contribution is 2.34. The number of aromatic nitrogens is 2. The number of halogens is 1. The molecule has 1 aliphatic carbocycles. The summed E-state index contributed by atoms with van der Waals surface area (Å²) in [6.45, 7) is 1.97. The van der Waals surface area contributed by atoms with Crippen molar-refractivity contribution in [3.8, 4) is 5.69 Å². The van der Waals surface area contributed by atoms with E-state index in [0.717, 1.165) is 24.4 Å². The zero-order valence-corrected chi connectivity index (χ0v) is 11.8. The molecule has 4 heteroatoms. The molecular formula is C16H20FN3. The SMILES string of the molecule is Cc1cn(-c2cc(F)ccc2N)c(C2CCCCC2)n1. The van der Waals surface area contributed by atoms with Crippen LogP contribution in [-0.4, -0.2) is 9.55 Å². The zero-order valence-electron chi connectivity index (χ0n) is 11.8. The minimum absolute atomic E-state index is 0.268. The number of anilines is 1. The lowest BCUT2D eigenvalue weighted by molar-refractivity contribution is 0.425. The third-order valence-electron chi connectivity index (χ3n) is 4.08. The Bertz CT molecular complexity index is 612. The molecule has 3 nitrogen and oxygen atoms in total. The highest BCUT2D eigenvalue weighted by atomic mass is 19.1. The van der Waals surface area contributed by atoms with E-state index in [1.54, 1.807) is 6.07 Å². The number of aryl methyl sites for hydroxylation is 1. The van der Waals surface area contributed by atoms with E-state index in [1.807, 2.05) is 17.7 Å². The van der Waals surface area contributed by atoms with Crippen molar-refractivity contribution in [3.05, 3.63) is 41.7 Å². The maximum atomic E-state index is 13.5. The van der Waals surface area contributed by atoms with Crippen molar-refractivity contribution >= 4 is 5.69 Å².